The molecular formula is C21H16F3N3O2. The van der Waals surface area contributed by atoms with Gasteiger partial charge in [0.15, 0.2) is 17.5 Å². The molecule has 29 heavy (non-hydrogen) atoms. The van der Waals surface area contributed by atoms with Crippen LogP contribution in [0.15, 0.2) is 54.7 Å². The molecule has 0 radical (unpaired) electrons. The second kappa shape index (κ2) is 8.55. The van der Waals surface area contributed by atoms with Gasteiger partial charge in [0.25, 0.3) is 11.8 Å². The van der Waals surface area contributed by atoms with E-state index in [4.69, 9.17) is 0 Å². The maximum atomic E-state index is 13.7. The minimum Gasteiger partial charge on any atom is -0.347 e. The topological polar surface area (TPSA) is 71.1 Å². The Morgan fingerprint density at radius 3 is 2.38 bits per heavy atom. The van der Waals surface area contributed by atoms with Gasteiger partial charge in [-0.3, -0.25) is 14.6 Å². The molecule has 2 N–H and O–H groups in total. The summed E-state index contributed by atoms with van der Waals surface area (Å²) in [5.41, 5.74) is 1.46. The molecule has 5 nitrogen and oxygen atoms in total. The van der Waals surface area contributed by atoms with Crippen molar-refractivity contribution in [3.8, 4) is 0 Å². The molecular weight excluding hydrogens is 383 g/mol. The van der Waals surface area contributed by atoms with Crippen LogP contribution in [-0.4, -0.2) is 16.8 Å². The largest absolute Gasteiger partial charge is 0.347 e. The van der Waals surface area contributed by atoms with Crippen LogP contribution < -0.4 is 10.6 Å². The van der Waals surface area contributed by atoms with E-state index in [9.17, 15) is 22.8 Å². The average molecular weight is 399 g/mol. The van der Waals surface area contributed by atoms with Crippen LogP contribution in [0.3, 0.4) is 0 Å². The Bertz CT molecular complexity index is 1070. The predicted molar refractivity (Wildman–Crippen MR) is 101 cm³/mol. The van der Waals surface area contributed by atoms with Crippen LogP contribution in [0.4, 0.5) is 18.9 Å². The van der Waals surface area contributed by atoms with E-state index in [-0.39, 0.29) is 17.8 Å². The number of benzene rings is 2. The van der Waals surface area contributed by atoms with E-state index in [2.05, 4.69) is 15.6 Å². The van der Waals surface area contributed by atoms with Crippen molar-refractivity contribution in [2.24, 2.45) is 0 Å². The zero-order valence-corrected chi connectivity index (χ0v) is 15.3. The van der Waals surface area contributed by atoms with Crippen molar-refractivity contribution >= 4 is 17.5 Å². The van der Waals surface area contributed by atoms with Crippen molar-refractivity contribution in [2.75, 3.05) is 5.32 Å². The Kier molecular flexibility index (Phi) is 5.92. The average Bonchev–Trinajstić information content (AvgIpc) is 2.73. The maximum Gasteiger partial charge on any atom is 0.270 e. The summed E-state index contributed by atoms with van der Waals surface area (Å²) in [7, 11) is 0. The molecule has 0 fully saturated rings. The first kappa shape index (κ1) is 20.1. The summed E-state index contributed by atoms with van der Waals surface area (Å²) in [5.74, 6) is -5.86. The third-order valence-corrected chi connectivity index (χ3v) is 4.11. The van der Waals surface area contributed by atoms with Crippen LogP contribution in [0.1, 0.15) is 32.0 Å². The van der Waals surface area contributed by atoms with Gasteiger partial charge in [-0.2, -0.15) is 0 Å². The van der Waals surface area contributed by atoms with Gasteiger partial charge in [0.1, 0.15) is 5.69 Å². The van der Waals surface area contributed by atoms with Gasteiger partial charge < -0.3 is 10.6 Å². The molecule has 0 aliphatic heterocycles. The molecule has 1 aromatic heterocycles. The zero-order chi connectivity index (χ0) is 21.0. The van der Waals surface area contributed by atoms with Crippen molar-refractivity contribution in [1.82, 2.24) is 10.3 Å². The Morgan fingerprint density at radius 2 is 1.66 bits per heavy atom. The number of aryl methyl sites for hydroxylation is 1. The molecule has 0 saturated heterocycles. The van der Waals surface area contributed by atoms with Crippen molar-refractivity contribution in [1.29, 1.82) is 0 Å². The molecule has 0 aliphatic carbocycles. The van der Waals surface area contributed by atoms with Crippen molar-refractivity contribution < 1.29 is 22.8 Å². The lowest BCUT2D eigenvalue weighted by atomic mass is 10.1. The third kappa shape index (κ3) is 4.78. The van der Waals surface area contributed by atoms with E-state index in [1.807, 2.05) is 31.2 Å². The van der Waals surface area contributed by atoms with Crippen LogP contribution in [0.5, 0.6) is 0 Å². The number of pyridine rings is 1. The molecule has 2 amide bonds. The summed E-state index contributed by atoms with van der Waals surface area (Å²) >= 11 is 0. The summed E-state index contributed by atoms with van der Waals surface area (Å²) in [6.07, 6.45) is 1.25. The van der Waals surface area contributed by atoms with Gasteiger partial charge in [-0.15, -0.1) is 0 Å². The normalized spacial score (nSPS) is 10.5. The van der Waals surface area contributed by atoms with Crippen LogP contribution in [0.2, 0.25) is 0 Å². The van der Waals surface area contributed by atoms with E-state index in [1.54, 1.807) is 0 Å². The second-order valence-corrected chi connectivity index (χ2v) is 6.28. The molecule has 3 rings (SSSR count). The Labute approximate surface area is 164 Å². The Hall–Kier alpha value is -3.68. The lowest BCUT2D eigenvalue weighted by Gasteiger charge is -2.09. The first-order chi connectivity index (χ1) is 13.8. The van der Waals surface area contributed by atoms with Crippen molar-refractivity contribution in [3.05, 3.63) is 94.6 Å². The fraction of sp³-hybridized carbons (Fsp3) is 0.0952. The van der Waals surface area contributed by atoms with Gasteiger partial charge in [-0.1, -0.05) is 29.8 Å². The van der Waals surface area contributed by atoms with E-state index in [0.717, 1.165) is 17.2 Å². The van der Waals surface area contributed by atoms with Crippen molar-refractivity contribution in [2.45, 2.75) is 13.5 Å². The summed E-state index contributed by atoms with van der Waals surface area (Å²) in [5, 5.41) is 4.83. The van der Waals surface area contributed by atoms with Crippen LogP contribution >= 0.6 is 0 Å². The maximum absolute atomic E-state index is 13.7. The standard InChI is InChI=1S/C21H16F3N3O2/c1-12-2-4-13(5-3-12)11-26-21(29)17-10-14(8-9-25-17)20(28)27-16-7-6-15(22)18(23)19(16)24/h2-10H,11H2,1H3,(H,26,29)(H,27,28). The number of carbonyl (C=O) groups is 2. The first-order valence-electron chi connectivity index (χ1n) is 8.60. The van der Waals surface area contributed by atoms with Gasteiger partial charge in [-0.25, -0.2) is 13.2 Å². The summed E-state index contributed by atoms with van der Waals surface area (Å²) in [6, 6.07) is 11.7. The molecule has 3 aromatic rings. The fourth-order valence-corrected chi connectivity index (χ4v) is 2.49. The third-order valence-electron chi connectivity index (χ3n) is 4.11. The van der Waals surface area contributed by atoms with Gasteiger partial charge in [0, 0.05) is 18.3 Å². The molecule has 0 saturated carbocycles. The molecule has 2 aromatic carbocycles. The smallest absolute Gasteiger partial charge is 0.270 e. The zero-order valence-electron chi connectivity index (χ0n) is 15.3. The first-order valence-corrected chi connectivity index (χ1v) is 8.60. The van der Waals surface area contributed by atoms with E-state index >= 15 is 0 Å². The Balaban J connectivity index is 1.69. The number of rotatable bonds is 5. The van der Waals surface area contributed by atoms with Gasteiger partial charge in [0.05, 0.1) is 5.69 Å². The van der Waals surface area contributed by atoms with Crippen LogP contribution in [0.25, 0.3) is 0 Å². The monoisotopic (exact) mass is 399 g/mol. The predicted octanol–water partition coefficient (Wildman–Crippen LogP) is 3.99. The molecule has 0 aliphatic rings. The molecule has 8 heteroatoms. The lowest BCUT2D eigenvalue weighted by molar-refractivity contribution is 0.0946. The SMILES string of the molecule is Cc1ccc(CNC(=O)c2cc(C(=O)Nc3ccc(F)c(F)c3F)ccn2)cc1. The highest BCUT2D eigenvalue weighted by Gasteiger charge is 2.17. The number of anilines is 1. The van der Waals surface area contributed by atoms with Gasteiger partial charge in [0.2, 0.25) is 0 Å². The van der Waals surface area contributed by atoms with E-state index in [0.29, 0.717) is 6.07 Å². The quantitative estimate of drug-likeness (QED) is 0.638. The number of halogens is 3. The number of amides is 2. The molecule has 0 spiro atoms. The fourth-order valence-electron chi connectivity index (χ4n) is 2.49. The highest BCUT2D eigenvalue weighted by Crippen LogP contribution is 2.20. The van der Waals surface area contributed by atoms with Gasteiger partial charge >= 0.3 is 0 Å². The number of hydrogen-bond donors (Lipinski definition) is 2. The minimum absolute atomic E-state index is 0.00428. The number of nitrogens with one attached hydrogen (secondary N) is 2. The van der Waals surface area contributed by atoms with Crippen LogP contribution in [-0.2, 0) is 6.54 Å². The highest BCUT2D eigenvalue weighted by atomic mass is 19.2. The molecule has 0 bridgehead atoms. The summed E-state index contributed by atoms with van der Waals surface area (Å²) < 4.78 is 40.0. The number of nitrogens with zero attached hydrogens (tertiary/aromatic N) is 1. The number of hydrogen-bond acceptors (Lipinski definition) is 3. The summed E-state index contributed by atoms with van der Waals surface area (Å²) in [6.45, 7) is 2.23. The number of aromatic nitrogens is 1. The van der Waals surface area contributed by atoms with Gasteiger partial charge in [-0.05, 0) is 36.8 Å². The minimum atomic E-state index is -1.69. The highest BCUT2D eigenvalue weighted by molar-refractivity contribution is 6.05. The Morgan fingerprint density at radius 1 is 0.931 bits per heavy atom. The second-order valence-electron chi connectivity index (χ2n) is 6.28. The van der Waals surface area contributed by atoms with Crippen LogP contribution in [0, 0.1) is 24.4 Å². The lowest BCUT2D eigenvalue weighted by Crippen LogP contribution is -2.24. The number of carbonyl (C=O) groups excluding carboxylic acids is 2. The molecule has 148 valence electrons. The van der Waals surface area contributed by atoms with E-state index < -0.39 is 35.0 Å². The molecule has 0 atom stereocenters. The van der Waals surface area contributed by atoms with E-state index in [1.165, 1.54) is 18.3 Å². The van der Waals surface area contributed by atoms with Crippen molar-refractivity contribution in [3.63, 3.8) is 0 Å². The molecule has 1 heterocycles. The molecule has 0 unspecified atom stereocenters. The summed E-state index contributed by atoms with van der Waals surface area (Å²) in [4.78, 5) is 28.5.